The molecule has 0 spiro atoms. The number of fused-ring (bicyclic) bond motifs is 2. The van der Waals surface area contributed by atoms with E-state index in [9.17, 15) is 8.42 Å². The van der Waals surface area contributed by atoms with Gasteiger partial charge < -0.3 is 5.32 Å². The Bertz CT molecular complexity index is 532. The van der Waals surface area contributed by atoms with E-state index in [4.69, 9.17) is 11.6 Å². The summed E-state index contributed by atoms with van der Waals surface area (Å²) in [7, 11) is -3.37. The molecule has 0 radical (unpaired) electrons. The number of nitrogens with one attached hydrogen (secondary N) is 1. The third-order valence-electron chi connectivity index (χ3n) is 3.65. The predicted octanol–water partition coefficient (Wildman–Crippen LogP) is 1.32. The maximum atomic E-state index is 12.5. The van der Waals surface area contributed by atoms with Crippen LogP contribution in [-0.4, -0.2) is 38.4 Å². The van der Waals surface area contributed by atoms with E-state index in [0.717, 1.165) is 13.0 Å². The van der Waals surface area contributed by atoms with Gasteiger partial charge in [-0.05, 0) is 43.1 Å². The number of nitrogens with zero attached hydrogens (tertiary/aromatic N) is 1. The van der Waals surface area contributed by atoms with Gasteiger partial charge in [-0.1, -0.05) is 11.6 Å². The molecule has 0 amide bonds. The monoisotopic (exact) mass is 286 g/mol. The number of piperidine rings is 1. The van der Waals surface area contributed by atoms with Crippen molar-refractivity contribution in [2.45, 2.75) is 17.4 Å². The summed E-state index contributed by atoms with van der Waals surface area (Å²) in [6, 6.07) is 6.69. The smallest absolute Gasteiger partial charge is 0.243 e. The number of hydrogen-bond donors (Lipinski definition) is 1. The first-order valence-corrected chi connectivity index (χ1v) is 7.86. The maximum absolute atomic E-state index is 12.5. The van der Waals surface area contributed by atoms with Crippen molar-refractivity contribution < 1.29 is 8.42 Å². The molecule has 1 aromatic rings. The first-order chi connectivity index (χ1) is 8.55. The highest BCUT2D eigenvalue weighted by molar-refractivity contribution is 7.89. The Balaban J connectivity index is 1.88. The third kappa shape index (κ3) is 2.16. The van der Waals surface area contributed by atoms with Gasteiger partial charge in [0.25, 0.3) is 0 Å². The van der Waals surface area contributed by atoms with Crippen LogP contribution in [0.3, 0.4) is 0 Å². The zero-order valence-electron chi connectivity index (χ0n) is 9.84. The predicted molar refractivity (Wildman–Crippen MR) is 70.1 cm³/mol. The fraction of sp³-hybridized carbons (Fsp3) is 0.500. The van der Waals surface area contributed by atoms with Crippen LogP contribution in [0.15, 0.2) is 29.2 Å². The lowest BCUT2D eigenvalue weighted by molar-refractivity contribution is 0.295. The molecular formula is C12H15ClN2O2S. The van der Waals surface area contributed by atoms with Crippen LogP contribution >= 0.6 is 11.6 Å². The highest BCUT2D eigenvalue weighted by Crippen LogP contribution is 2.27. The SMILES string of the molecule is O=S(=O)(c1ccc(Cl)cc1)N1C[C@@H]2CN[C@@H](C2)C1. The van der Waals surface area contributed by atoms with Gasteiger partial charge in [0.15, 0.2) is 0 Å². The highest BCUT2D eigenvalue weighted by atomic mass is 35.5. The molecule has 4 nitrogen and oxygen atoms in total. The molecule has 6 heteroatoms. The second-order valence-electron chi connectivity index (χ2n) is 4.98. The van der Waals surface area contributed by atoms with Crippen molar-refractivity contribution in [3.05, 3.63) is 29.3 Å². The van der Waals surface area contributed by atoms with Gasteiger partial charge in [0.2, 0.25) is 10.0 Å². The Morgan fingerprint density at radius 3 is 2.61 bits per heavy atom. The molecule has 2 aliphatic heterocycles. The molecule has 2 heterocycles. The van der Waals surface area contributed by atoms with Crippen LogP contribution in [0, 0.1) is 5.92 Å². The minimum atomic E-state index is -3.37. The van der Waals surface area contributed by atoms with E-state index in [-0.39, 0.29) is 0 Å². The molecule has 2 bridgehead atoms. The third-order valence-corrected chi connectivity index (χ3v) is 5.75. The second-order valence-corrected chi connectivity index (χ2v) is 7.36. The van der Waals surface area contributed by atoms with Crippen LogP contribution in [0.1, 0.15) is 6.42 Å². The molecule has 1 N–H and O–H groups in total. The zero-order chi connectivity index (χ0) is 12.8. The number of halogens is 1. The highest BCUT2D eigenvalue weighted by Gasteiger charge is 2.38. The topological polar surface area (TPSA) is 49.4 Å². The van der Waals surface area contributed by atoms with Crippen LogP contribution in [-0.2, 0) is 10.0 Å². The summed E-state index contributed by atoms with van der Waals surface area (Å²) in [6.07, 6.45) is 1.09. The summed E-state index contributed by atoms with van der Waals surface area (Å²) >= 11 is 5.79. The number of rotatable bonds is 2. The summed E-state index contributed by atoms with van der Waals surface area (Å²) in [5.41, 5.74) is 0. The van der Waals surface area contributed by atoms with Crippen molar-refractivity contribution in [1.29, 1.82) is 0 Å². The molecule has 1 aromatic carbocycles. The maximum Gasteiger partial charge on any atom is 0.243 e. The van der Waals surface area contributed by atoms with E-state index in [0.29, 0.717) is 35.0 Å². The zero-order valence-corrected chi connectivity index (χ0v) is 11.4. The van der Waals surface area contributed by atoms with E-state index in [1.165, 1.54) is 0 Å². The lowest BCUT2D eigenvalue weighted by atomic mass is 10.0. The number of sulfonamides is 1. The normalized spacial score (nSPS) is 28.5. The molecule has 2 atom stereocenters. The Morgan fingerprint density at radius 1 is 1.22 bits per heavy atom. The van der Waals surface area contributed by atoms with Crippen LogP contribution in [0.5, 0.6) is 0 Å². The molecule has 0 aromatic heterocycles. The first-order valence-electron chi connectivity index (χ1n) is 6.05. The van der Waals surface area contributed by atoms with Gasteiger partial charge in [-0.15, -0.1) is 0 Å². The number of hydrogen-bond acceptors (Lipinski definition) is 3. The van der Waals surface area contributed by atoms with Crippen molar-refractivity contribution in [1.82, 2.24) is 9.62 Å². The van der Waals surface area contributed by atoms with E-state index in [2.05, 4.69) is 5.32 Å². The van der Waals surface area contributed by atoms with Crippen molar-refractivity contribution in [3.8, 4) is 0 Å². The fourth-order valence-corrected chi connectivity index (χ4v) is 4.43. The standard InChI is InChI=1S/C12H15ClN2O2S/c13-10-1-3-12(4-2-10)18(16,17)15-7-9-5-11(8-15)14-6-9/h1-4,9,11,14H,5-8H2/t9-,11-/m0/s1. The fourth-order valence-electron chi connectivity index (χ4n) is 2.74. The van der Waals surface area contributed by atoms with Crippen molar-refractivity contribution in [2.24, 2.45) is 5.92 Å². The average molecular weight is 287 g/mol. The molecule has 3 rings (SSSR count). The lowest BCUT2D eigenvalue weighted by Crippen LogP contribution is -2.44. The molecule has 0 unspecified atom stereocenters. The Hall–Kier alpha value is -0.620. The Labute approximate surface area is 112 Å². The quantitative estimate of drug-likeness (QED) is 0.892. The summed E-state index contributed by atoms with van der Waals surface area (Å²) in [6.45, 7) is 2.12. The van der Waals surface area contributed by atoms with Crippen LogP contribution in [0.4, 0.5) is 0 Å². The van der Waals surface area contributed by atoms with Gasteiger partial charge in [0.1, 0.15) is 0 Å². The molecule has 0 aliphatic carbocycles. The molecule has 2 fully saturated rings. The summed E-state index contributed by atoms with van der Waals surface area (Å²) in [5, 5.41) is 3.90. The largest absolute Gasteiger partial charge is 0.312 e. The summed E-state index contributed by atoms with van der Waals surface area (Å²) < 4.78 is 26.5. The summed E-state index contributed by atoms with van der Waals surface area (Å²) in [5.74, 6) is 0.450. The Morgan fingerprint density at radius 2 is 1.94 bits per heavy atom. The summed E-state index contributed by atoms with van der Waals surface area (Å²) in [4.78, 5) is 0.327. The van der Waals surface area contributed by atoms with Gasteiger partial charge in [-0.25, -0.2) is 8.42 Å². The first kappa shape index (κ1) is 12.4. The molecule has 2 saturated heterocycles. The van der Waals surface area contributed by atoms with E-state index >= 15 is 0 Å². The van der Waals surface area contributed by atoms with Crippen molar-refractivity contribution in [2.75, 3.05) is 19.6 Å². The van der Waals surface area contributed by atoms with E-state index in [1.54, 1.807) is 28.6 Å². The van der Waals surface area contributed by atoms with Crippen molar-refractivity contribution >= 4 is 21.6 Å². The average Bonchev–Trinajstić information content (AvgIpc) is 2.68. The van der Waals surface area contributed by atoms with Crippen LogP contribution < -0.4 is 5.32 Å². The molecule has 18 heavy (non-hydrogen) atoms. The minimum absolute atomic E-state index is 0.311. The van der Waals surface area contributed by atoms with Gasteiger partial charge >= 0.3 is 0 Å². The van der Waals surface area contributed by atoms with Gasteiger partial charge in [0.05, 0.1) is 4.90 Å². The van der Waals surface area contributed by atoms with E-state index < -0.39 is 10.0 Å². The minimum Gasteiger partial charge on any atom is -0.312 e. The Kier molecular flexibility index (Phi) is 3.10. The van der Waals surface area contributed by atoms with Gasteiger partial charge in [-0.3, -0.25) is 0 Å². The van der Waals surface area contributed by atoms with Crippen molar-refractivity contribution in [3.63, 3.8) is 0 Å². The molecule has 0 saturated carbocycles. The molecular weight excluding hydrogens is 272 g/mol. The number of benzene rings is 1. The van der Waals surface area contributed by atoms with Gasteiger partial charge in [-0.2, -0.15) is 4.31 Å². The second kappa shape index (κ2) is 4.49. The molecule has 98 valence electrons. The molecule has 2 aliphatic rings. The van der Waals surface area contributed by atoms with E-state index in [1.807, 2.05) is 0 Å². The van der Waals surface area contributed by atoms with Gasteiger partial charge in [0, 0.05) is 24.2 Å². The lowest BCUT2D eigenvalue weighted by Gasteiger charge is -2.30. The van der Waals surface area contributed by atoms with Crippen LogP contribution in [0.25, 0.3) is 0 Å². The van der Waals surface area contributed by atoms with Crippen LogP contribution in [0.2, 0.25) is 5.02 Å².